The average molecular weight is 869 g/mol. The normalized spacial score (nSPS) is 17.4. The smallest absolute Gasteiger partial charge is 0.261 e. The lowest BCUT2D eigenvalue weighted by Crippen LogP contribution is -2.48. The van der Waals surface area contributed by atoms with E-state index < -0.39 is 23.6 Å². The highest BCUT2D eigenvalue weighted by Gasteiger charge is 2.39. The third kappa shape index (κ3) is 10.8. The lowest BCUT2D eigenvalue weighted by atomic mass is 9.86. The number of rotatable bonds is 20. The van der Waals surface area contributed by atoms with Crippen LogP contribution in [0.25, 0.3) is 10.8 Å². The quantitative estimate of drug-likeness (QED) is 0.100. The zero-order valence-corrected chi connectivity index (χ0v) is 36.8. The van der Waals surface area contributed by atoms with Crippen molar-refractivity contribution >= 4 is 46.2 Å². The Balaban J connectivity index is 0.749. The first-order chi connectivity index (χ1) is 31.2. The van der Waals surface area contributed by atoms with Crippen molar-refractivity contribution in [3.63, 3.8) is 0 Å². The summed E-state index contributed by atoms with van der Waals surface area (Å²) >= 11 is 0. The summed E-state index contributed by atoms with van der Waals surface area (Å²) < 4.78 is 0. The average Bonchev–Trinajstić information content (AvgIpc) is 3.31. The molecule has 0 spiro atoms. The number of benzene rings is 4. The molecular formula is C50H60N8O6. The molecule has 0 bridgehead atoms. The van der Waals surface area contributed by atoms with Crippen LogP contribution in [0.15, 0.2) is 84.9 Å². The Morgan fingerprint density at radius 3 is 1.00 bits per heavy atom. The summed E-state index contributed by atoms with van der Waals surface area (Å²) in [5.74, 6) is -1.49. The third-order valence-corrected chi connectivity index (χ3v) is 13.1. The van der Waals surface area contributed by atoms with Gasteiger partial charge in [0, 0.05) is 112 Å². The minimum Gasteiger partial charge on any atom is -0.356 e. The molecule has 4 heterocycles. The number of piperazine rings is 2. The second kappa shape index (κ2) is 21.3. The fraction of sp³-hybridized carbons (Fsp3) is 0.440. The van der Waals surface area contributed by atoms with Crippen LogP contribution in [0, 0.1) is 0 Å². The van der Waals surface area contributed by atoms with Gasteiger partial charge in [0.1, 0.15) is 0 Å². The van der Waals surface area contributed by atoms with E-state index in [1.54, 1.807) is 24.3 Å². The van der Waals surface area contributed by atoms with Crippen molar-refractivity contribution in [1.29, 1.82) is 0 Å². The molecule has 0 aromatic heterocycles. The van der Waals surface area contributed by atoms with E-state index >= 15 is 0 Å². The summed E-state index contributed by atoms with van der Waals surface area (Å²) in [6.07, 6.45) is 3.84. The summed E-state index contributed by atoms with van der Waals surface area (Å²) in [7, 11) is 0. The van der Waals surface area contributed by atoms with Crippen LogP contribution in [-0.2, 0) is 22.4 Å². The molecule has 0 atom stereocenters. The van der Waals surface area contributed by atoms with Gasteiger partial charge in [-0.05, 0) is 87.3 Å². The summed E-state index contributed by atoms with van der Waals surface area (Å²) in [6.45, 7) is 12.5. The van der Waals surface area contributed by atoms with Crippen molar-refractivity contribution in [2.45, 2.75) is 38.5 Å². The Bertz CT molecular complexity index is 2090. The van der Waals surface area contributed by atoms with E-state index in [-0.39, 0.29) is 24.9 Å². The van der Waals surface area contributed by atoms with Crippen molar-refractivity contribution in [2.24, 2.45) is 0 Å². The highest BCUT2D eigenvalue weighted by atomic mass is 16.2. The Kier molecular flexibility index (Phi) is 14.9. The van der Waals surface area contributed by atoms with E-state index in [1.807, 2.05) is 60.7 Å². The molecule has 8 rings (SSSR count). The van der Waals surface area contributed by atoms with Gasteiger partial charge in [-0.25, -0.2) is 0 Å². The molecule has 14 heteroatoms. The zero-order valence-electron chi connectivity index (χ0n) is 36.8. The second-order valence-corrected chi connectivity index (χ2v) is 17.4. The molecule has 2 fully saturated rings. The first-order valence-corrected chi connectivity index (χ1v) is 23.1. The molecule has 4 aromatic rings. The van der Waals surface area contributed by atoms with Gasteiger partial charge in [-0.2, -0.15) is 0 Å². The van der Waals surface area contributed by atoms with Gasteiger partial charge in [0.2, 0.25) is 11.8 Å². The minimum atomic E-state index is -0.394. The summed E-state index contributed by atoms with van der Waals surface area (Å²) in [6, 6.07) is 26.1. The van der Waals surface area contributed by atoms with Gasteiger partial charge >= 0.3 is 0 Å². The summed E-state index contributed by atoms with van der Waals surface area (Å²) in [5, 5.41) is 6.86. The van der Waals surface area contributed by atoms with Gasteiger partial charge in [0.05, 0.1) is 12.8 Å². The largest absolute Gasteiger partial charge is 0.356 e. The molecule has 0 aliphatic carbocycles. The number of amides is 6. The van der Waals surface area contributed by atoms with Crippen LogP contribution in [0.5, 0.6) is 0 Å². The zero-order chi connectivity index (χ0) is 44.4. The van der Waals surface area contributed by atoms with Crippen LogP contribution >= 0.6 is 0 Å². The number of imide groups is 2. The molecule has 14 nitrogen and oxygen atoms in total. The van der Waals surface area contributed by atoms with Gasteiger partial charge in [-0.3, -0.25) is 38.6 Å². The first kappa shape index (κ1) is 44.8. The molecule has 4 aromatic carbocycles. The van der Waals surface area contributed by atoms with E-state index in [2.05, 4.69) is 30.2 Å². The van der Waals surface area contributed by atoms with Crippen LogP contribution in [0.3, 0.4) is 0 Å². The maximum absolute atomic E-state index is 13.9. The number of carbonyl (C=O) groups excluding carboxylic acids is 6. The molecular weight excluding hydrogens is 809 g/mol. The lowest BCUT2D eigenvalue weighted by Gasteiger charge is -2.36. The van der Waals surface area contributed by atoms with E-state index in [0.717, 1.165) is 103 Å². The Morgan fingerprint density at radius 1 is 0.391 bits per heavy atom. The number of hydrogen-bond donors (Lipinski definition) is 2. The number of carbonyl (C=O) groups is 6. The highest BCUT2D eigenvalue weighted by molar-refractivity contribution is 6.33. The van der Waals surface area contributed by atoms with E-state index in [0.29, 0.717) is 71.8 Å². The summed E-state index contributed by atoms with van der Waals surface area (Å²) in [4.78, 5) is 92.2. The van der Waals surface area contributed by atoms with E-state index in [9.17, 15) is 28.8 Å². The molecule has 6 amide bonds. The first-order valence-electron chi connectivity index (χ1n) is 23.1. The minimum absolute atomic E-state index is 0.0404. The SMILES string of the molecule is O=C(Cc1ccccc1)NCCCN1CCN(CCCN2C(=O)c3ccc4c5c(ccc(c35)C2=O)C(=O)N(CCCN2CCN(CCCNC(=O)Cc3ccccc3)CC2)C4=O)CC1. The molecule has 0 saturated carbocycles. The van der Waals surface area contributed by atoms with Gasteiger partial charge < -0.3 is 30.2 Å². The number of hydrogen-bond acceptors (Lipinski definition) is 10. The van der Waals surface area contributed by atoms with Crippen LogP contribution in [0.4, 0.5) is 0 Å². The molecule has 2 saturated heterocycles. The Hall–Kier alpha value is -5.80. The fourth-order valence-electron chi connectivity index (χ4n) is 9.51. The van der Waals surface area contributed by atoms with Crippen LogP contribution in [0.1, 0.15) is 78.2 Å². The van der Waals surface area contributed by atoms with Crippen molar-refractivity contribution in [2.75, 3.05) is 105 Å². The van der Waals surface area contributed by atoms with Crippen molar-refractivity contribution < 1.29 is 28.8 Å². The van der Waals surface area contributed by atoms with E-state index in [4.69, 9.17) is 0 Å². The topological polar surface area (TPSA) is 146 Å². The highest BCUT2D eigenvalue weighted by Crippen LogP contribution is 2.38. The lowest BCUT2D eigenvalue weighted by molar-refractivity contribution is -0.121. The molecule has 2 N–H and O–H groups in total. The van der Waals surface area contributed by atoms with E-state index in [1.165, 1.54) is 9.80 Å². The number of nitrogens with zero attached hydrogens (tertiary/aromatic N) is 6. The molecule has 0 unspecified atom stereocenters. The predicted octanol–water partition coefficient (Wildman–Crippen LogP) is 3.55. The van der Waals surface area contributed by atoms with Crippen LogP contribution in [0.2, 0.25) is 0 Å². The summed E-state index contributed by atoms with van der Waals surface area (Å²) in [5.41, 5.74) is 3.41. The van der Waals surface area contributed by atoms with Crippen molar-refractivity contribution in [3.05, 3.63) is 118 Å². The second-order valence-electron chi connectivity index (χ2n) is 17.4. The van der Waals surface area contributed by atoms with Gasteiger partial charge in [0.25, 0.3) is 23.6 Å². The van der Waals surface area contributed by atoms with Crippen molar-refractivity contribution in [1.82, 2.24) is 40.0 Å². The predicted molar refractivity (Wildman–Crippen MR) is 245 cm³/mol. The third-order valence-electron chi connectivity index (χ3n) is 13.1. The standard InChI is InChI=1S/C50H60N8O6/c59-43(35-37-11-3-1-4-12-37)51-19-7-21-53-27-31-55(32-28-53)23-9-25-57-47(61)39-15-17-41-46-42(18-16-40(45(39)46)48(57)62)50(64)58(49(41)63)26-10-24-56-33-29-54(30-34-56)22-8-20-52-44(60)36-38-13-5-2-6-14-38/h1-6,11-18H,7-10,19-36H2,(H,51,59)(H,52,60). The maximum Gasteiger partial charge on any atom is 0.261 e. The fourth-order valence-corrected chi connectivity index (χ4v) is 9.51. The van der Waals surface area contributed by atoms with Crippen LogP contribution < -0.4 is 10.6 Å². The Morgan fingerprint density at radius 2 is 0.688 bits per heavy atom. The van der Waals surface area contributed by atoms with Gasteiger partial charge in [0.15, 0.2) is 0 Å². The molecule has 64 heavy (non-hydrogen) atoms. The van der Waals surface area contributed by atoms with Crippen LogP contribution in [-0.4, -0.2) is 170 Å². The van der Waals surface area contributed by atoms with Gasteiger partial charge in [-0.1, -0.05) is 60.7 Å². The molecule has 0 radical (unpaired) electrons. The van der Waals surface area contributed by atoms with Gasteiger partial charge in [-0.15, -0.1) is 0 Å². The number of nitrogens with one attached hydrogen (secondary N) is 2. The monoisotopic (exact) mass is 868 g/mol. The van der Waals surface area contributed by atoms with Crippen molar-refractivity contribution in [3.8, 4) is 0 Å². The molecule has 336 valence electrons. The molecule has 4 aliphatic rings. The Labute approximate surface area is 375 Å². The molecule has 4 aliphatic heterocycles. The maximum atomic E-state index is 13.9.